The number of aromatic nitrogens is 1. The maximum absolute atomic E-state index is 12.6. The van der Waals surface area contributed by atoms with Crippen LogP contribution in [0.3, 0.4) is 0 Å². The number of carboxylic acid groups (broad SMARTS) is 1. The number of aromatic carboxylic acids is 1. The number of carbonyl (C=O) groups is 1. The van der Waals surface area contributed by atoms with Crippen molar-refractivity contribution in [1.29, 1.82) is 0 Å². The minimum absolute atomic E-state index is 0.105. The van der Waals surface area contributed by atoms with Crippen LogP contribution in [0.4, 0.5) is 8.78 Å². The van der Waals surface area contributed by atoms with Crippen LogP contribution in [0.1, 0.15) is 28.2 Å². The smallest absolute Gasteiger partial charge is 0.354 e. The number of carboxylic acids is 1. The van der Waals surface area contributed by atoms with Crippen LogP contribution in [-0.2, 0) is 6.54 Å². The highest BCUT2D eigenvalue weighted by molar-refractivity contribution is 5.85. The van der Waals surface area contributed by atoms with Crippen molar-refractivity contribution in [1.82, 2.24) is 4.98 Å². The Hall–Kier alpha value is -1.76. The van der Waals surface area contributed by atoms with Gasteiger partial charge in [0.15, 0.2) is 5.75 Å². The van der Waals surface area contributed by atoms with Gasteiger partial charge in [-0.3, -0.25) is 0 Å². The number of hydrogen-bond donors (Lipinski definition) is 2. The van der Waals surface area contributed by atoms with Crippen molar-refractivity contribution in [3.05, 3.63) is 23.0 Å². The van der Waals surface area contributed by atoms with Crippen molar-refractivity contribution in [3.63, 3.8) is 0 Å². The minimum atomic E-state index is -2.92. The number of hydrogen-bond acceptors (Lipinski definition) is 4. The van der Waals surface area contributed by atoms with Gasteiger partial charge in [0.05, 0.1) is 7.11 Å². The zero-order valence-electron chi connectivity index (χ0n) is 8.41. The maximum atomic E-state index is 12.6. The van der Waals surface area contributed by atoms with E-state index in [1.54, 1.807) is 0 Å². The molecule has 1 heterocycles. The molecular weight excluding hydrogens is 222 g/mol. The lowest BCUT2D eigenvalue weighted by molar-refractivity contribution is 0.0688. The SMILES string of the molecule is COc1c(CN)cc(C(=O)O)nc1C(F)F. The summed E-state index contributed by atoms with van der Waals surface area (Å²) in [5, 5.41) is 8.69. The zero-order chi connectivity index (χ0) is 12.3. The van der Waals surface area contributed by atoms with Gasteiger partial charge in [0, 0.05) is 12.1 Å². The highest BCUT2D eigenvalue weighted by Crippen LogP contribution is 2.30. The van der Waals surface area contributed by atoms with Crippen LogP contribution >= 0.6 is 0 Å². The Kier molecular flexibility index (Phi) is 3.73. The van der Waals surface area contributed by atoms with Crippen molar-refractivity contribution in [2.75, 3.05) is 7.11 Å². The highest BCUT2D eigenvalue weighted by Gasteiger charge is 2.22. The van der Waals surface area contributed by atoms with Gasteiger partial charge in [-0.15, -0.1) is 0 Å². The van der Waals surface area contributed by atoms with Crippen molar-refractivity contribution >= 4 is 5.97 Å². The standard InChI is InChI=1S/C9H10F2N2O3/c1-16-7-4(3-12)2-5(9(14)15)13-6(7)8(10)11/h2,8H,3,12H2,1H3,(H,14,15). The Bertz CT molecular complexity index is 410. The van der Waals surface area contributed by atoms with Gasteiger partial charge in [-0.25, -0.2) is 18.6 Å². The number of nitrogens with zero attached hydrogens (tertiary/aromatic N) is 1. The van der Waals surface area contributed by atoms with E-state index in [-0.39, 0.29) is 17.9 Å². The summed E-state index contributed by atoms with van der Waals surface area (Å²) in [5.41, 5.74) is 4.32. The summed E-state index contributed by atoms with van der Waals surface area (Å²) < 4.78 is 29.9. The van der Waals surface area contributed by atoms with E-state index in [1.165, 1.54) is 7.11 Å². The van der Waals surface area contributed by atoms with E-state index >= 15 is 0 Å². The molecule has 0 aliphatic heterocycles. The average Bonchev–Trinajstić information content (AvgIpc) is 2.26. The monoisotopic (exact) mass is 232 g/mol. The van der Waals surface area contributed by atoms with Gasteiger partial charge in [-0.05, 0) is 6.07 Å². The number of methoxy groups -OCH3 is 1. The summed E-state index contributed by atoms with van der Waals surface area (Å²) in [7, 11) is 1.20. The molecular formula is C9H10F2N2O3. The molecule has 0 saturated heterocycles. The first-order valence-corrected chi connectivity index (χ1v) is 4.30. The number of pyridine rings is 1. The lowest BCUT2D eigenvalue weighted by atomic mass is 10.1. The van der Waals surface area contributed by atoms with E-state index in [2.05, 4.69) is 4.98 Å². The van der Waals surface area contributed by atoms with Crippen molar-refractivity contribution < 1.29 is 23.4 Å². The van der Waals surface area contributed by atoms with E-state index in [0.29, 0.717) is 0 Å². The molecule has 88 valence electrons. The van der Waals surface area contributed by atoms with E-state index in [1.807, 2.05) is 0 Å². The van der Waals surface area contributed by atoms with Gasteiger partial charge in [0.2, 0.25) is 0 Å². The quantitative estimate of drug-likeness (QED) is 0.814. The molecule has 1 aromatic heterocycles. The zero-order valence-corrected chi connectivity index (χ0v) is 8.41. The molecule has 0 aliphatic carbocycles. The molecule has 1 aromatic rings. The molecule has 0 spiro atoms. The minimum Gasteiger partial charge on any atom is -0.494 e. The molecule has 0 aliphatic rings. The summed E-state index contributed by atoms with van der Waals surface area (Å²) in [4.78, 5) is 14.0. The fraction of sp³-hybridized carbons (Fsp3) is 0.333. The number of rotatable bonds is 4. The van der Waals surface area contributed by atoms with Crippen LogP contribution in [0.25, 0.3) is 0 Å². The number of halogens is 2. The third-order valence-electron chi connectivity index (χ3n) is 1.93. The molecule has 0 unspecified atom stereocenters. The molecule has 16 heavy (non-hydrogen) atoms. The second-order valence-corrected chi connectivity index (χ2v) is 2.90. The molecule has 0 aromatic carbocycles. The maximum Gasteiger partial charge on any atom is 0.354 e. The average molecular weight is 232 g/mol. The lowest BCUT2D eigenvalue weighted by Gasteiger charge is -2.12. The largest absolute Gasteiger partial charge is 0.494 e. The van der Waals surface area contributed by atoms with Crippen LogP contribution in [0, 0.1) is 0 Å². The van der Waals surface area contributed by atoms with Crippen molar-refractivity contribution in [3.8, 4) is 5.75 Å². The molecule has 1 rings (SSSR count). The van der Waals surface area contributed by atoms with Gasteiger partial charge >= 0.3 is 5.97 Å². The summed E-state index contributed by atoms with van der Waals surface area (Å²) in [6.07, 6.45) is -2.92. The van der Waals surface area contributed by atoms with E-state index in [9.17, 15) is 13.6 Å². The first-order chi connectivity index (χ1) is 7.51. The lowest BCUT2D eigenvalue weighted by Crippen LogP contribution is -2.10. The van der Waals surface area contributed by atoms with Crippen LogP contribution in [0.5, 0.6) is 5.75 Å². The molecule has 7 heteroatoms. The Morgan fingerprint density at radius 3 is 2.69 bits per heavy atom. The summed E-state index contributed by atoms with van der Waals surface area (Å²) in [5.74, 6) is -1.55. The molecule has 0 amide bonds. The van der Waals surface area contributed by atoms with Crippen LogP contribution in [-0.4, -0.2) is 23.2 Å². The third kappa shape index (κ3) is 2.25. The van der Waals surface area contributed by atoms with Gasteiger partial charge in [0.25, 0.3) is 6.43 Å². The Morgan fingerprint density at radius 1 is 1.69 bits per heavy atom. The number of alkyl halides is 2. The van der Waals surface area contributed by atoms with Crippen LogP contribution < -0.4 is 10.5 Å². The van der Waals surface area contributed by atoms with Gasteiger partial charge < -0.3 is 15.6 Å². The second-order valence-electron chi connectivity index (χ2n) is 2.90. The highest BCUT2D eigenvalue weighted by atomic mass is 19.3. The fourth-order valence-electron chi connectivity index (χ4n) is 1.25. The summed E-state index contributed by atoms with van der Waals surface area (Å²) in [6.45, 7) is -0.105. The van der Waals surface area contributed by atoms with E-state index in [0.717, 1.165) is 6.07 Å². The Labute approximate surface area is 89.9 Å². The van der Waals surface area contributed by atoms with Crippen LogP contribution in [0.2, 0.25) is 0 Å². The molecule has 3 N–H and O–H groups in total. The third-order valence-corrected chi connectivity index (χ3v) is 1.93. The summed E-state index contributed by atoms with van der Waals surface area (Å²) in [6, 6.07) is 1.12. The molecule has 0 bridgehead atoms. The van der Waals surface area contributed by atoms with Gasteiger partial charge in [-0.1, -0.05) is 0 Å². The predicted octanol–water partition coefficient (Wildman–Crippen LogP) is 1.18. The normalized spacial score (nSPS) is 10.6. The molecule has 0 radical (unpaired) electrons. The predicted molar refractivity (Wildman–Crippen MR) is 50.6 cm³/mol. The van der Waals surface area contributed by atoms with Crippen molar-refractivity contribution in [2.24, 2.45) is 5.73 Å². The van der Waals surface area contributed by atoms with Gasteiger partial charge in [-0.2, -0.15) is 0 Å². The Balaban J connectivity index is 3.43. The molecule has 0 atom stereocenters. The first-order valence-electron chi connectivity index (χ1n) is 4.30. The number of nitrogens with two attached hydrogens (primary N) is 1. The topological polar surface area (TPSA) is 85.4 Å². The summed E-state index contributed by atoms with van der Waals surface area (Å²) >= 11 is 0. The van der Waals surface area contributed by atoms with Gasteiger partial charge in [0.1, 0.15) is 11.4 Å². The van der Waals surface area contributed by atoms with Crippen molar-refractivity contribution in [2.45, 2.75) is 13.0 Å². The number of ether oxygens (including phenoxy) is 1. The molecule has 0 fully saturated rings. The molecule has 5 nitrogen and oxygen atoms in total. The van der Waals surface area contributed by atoms with E-state index < -0.39 is 23.8 Å². The second kappa shape index (κ2) is 4.84. The Morgan fingerprint density at radius 2 is 2.31 bits per heavy atom. The first kappa shape index (κ1) is 12.3. The fourth-order valence-corrected chi connectivity index (χ4v) is 1.25. The molecule has 0 saturated carbocycles. The van der Waals surface area contributed by atoms with Crippen LogP contribution in [0.15, 0.2) is 6.07 Å². The van der Waals surface area contributed by atoms with E-state index in [4.69, 9.17) is 15.6 Å².